The lowest BCUT2D eigenvalue weighted by Gasteiger charge is -2.41. The van der Waals surface area contributed by atoms with Crippen LogP contribution in [0.2, 0.25) is 0 Å². The van der Waals surface area contributed by atoms with Gasteiger partial charge in [-0.05, 0) is 352 Å². The topological polar surface area (TPSA) is 184 Å². The van der Waals surface area contributed by atoms with Gasteiger partial charge in [-0.25, -0.2) is 0 Å². The zero-order valence-corrected chi connectivity index (χ0v) is 104. The maximum absolute atomic E-state index is 12.2. The Hall–Kier alpha value is -6.83. The normalized spacial score (nSPS) is 15.3. The smallest absolute Gasteiger partial charge is 0.311 e. The highest BCUT2D eigenvalue weighted by molar-refractivity contribution is 5.79. The second-order valence-electron chi connectivity index (χ2n) is 53.5. The second-order valence-corrected chi connectivity index (χ2v) is 53.5. The summed E-state index contributed by atoms with van der Waals surface area (Å²) in [4.78, 5) is 82.4. The van der Waals surface area contributed by atoms with Crippen LogP contribution in [-0.4, -0.2) is 78.9 Å². The zero-order chi connectivity index (χ0) is 114. The summed E-state index contributed by atoms with van der Waals surface area (Å²) in [5.41, 5.74) is 8.13. The molecular formula is C131H232O14. The van der Waals surface area contributed by atoms with E-state index in [1.54, 1.807) is 0 Å². The van der Waals surface area contributed by atoms with Gasteiger partial charge in [0.05, 0.1) is 50.6 Å². The number of rotatable bonds is 34. The van der Waals surface area contributed by atoms with Crippen molar-refractivity contribution in [1.82, 2.24) is 0 Å². The fourth-order valence-electron chi connectivity index (χ4n) is 15.2. The molecule has 0 aromatic heterocycles. The number of carbonyl (C=O) groups excluding carboxylic acids is 7. The van der Waals surface area contributed by atoms with Gasteiger partial charge < -0.3 is 33.2 Å². The Morgan fingerprint density at radius 2 is 0.593 bits per heavy atom. The Morgan fingerprint density at radius 1 is 0.310 bits per heavy atom. The van der Waals surface area contributed by atoms with E-state index in [1.165, 1.54) is 78.3 Å². The van der Waals surface area contributed by atoms with E-state index in [1.807, 2.05) is 190 Å². The second kappa shape index (κ2) is 67.5. The van der Waals surface area contributed by atoms with E-state index < -0.39 is 5.41 Å². The van der Waals surface area contributed by atoms with Crippen molar-refractivity contribution >= 4 is 41.8 Å². The largest absolute Gasteiger partial charge is 0.465 e. The maximum Gasteiger partial charge on any atom is 0.311 e. The van der Waals surface area contributed by atoms with Crippen LogP contribution in [0.1, 0.15) is 557 Å². The van der Waals surface area contributed by atoms with Gasteiger partial charge in [-0.15, -0.1) is 0 Å². The van der Waals surface area contributed by atoms with Crippen molar-refractivity contribution in [2.45, 2.75) is 561 Å². The Kier molecular flexibility index (Phi) is 67.2. The summed E-state index contributed by atoms with van der Waals surface area (Å²) < 4.78 is 38.2. The minimum absolute atomic E-state index is 0.00618. The molecule has 0 aliphatic heterocycles. The third-order valence-electron chi connectivity index (χ3n) is 29.7. The van der Waals surface area contributed by atoms with E-state index in [9.17, 15) is 33.6 Å². The van der Waals surface area contributed by atoms with Crippen molar-refractivity contribution in [3.05, 3.63) is 142 Å². The van der Waals surface area contributed by atoms with E-state index in [4.69, 9.17) is 33.2 Å². The highest BCUT2D eigenvalue weighted by Crippen LogP contribution is 2.42. The number of carbonyl (C=O) groups is 7. The van der Waals surface area contributed by atoms with Crippen LogP contribution < -0.4 is 0 Å². The minimum Gasteiger partial charge on any atom is -0.465 e. The Bertz CT molecular complexity index is 4050. The molecule has 0 N–H and O–H groups in total. The predicted molar refractivity (Wildman–Crippen MR) is 620 cm³/mol. The lowest BCUT2D eigenvalue weighted by atomic mass is 9.72. The van der Waals surface area contributed by atoms with Crippen LogP contribution in [0, 0.1) is 83.2 Å². The zero-order valence-electron chi connectivity index (χ0n) is 104. The Labute approximate surface area is 896 Å². The van der Waals surface area contributed by atoms with Gasteiger partial charge >= 0.3 is 41.8 Å². The van der Waals surface area contributed by atoms with Crippen LogP contribution in [0.4, 0.5) is 0 Å². The summed E-state index contributed by atoms with van der Waals surface area (Å²) in [6.45, 7) is 112. The van der Waals surface area contributed by atoms with Crippen molar-refractivity contribution in [3.8, 4) is 0 Å². The molecule has 145 heavy (non-hydrogen) atoms. The van der Waals surface area contributed by atoms with Crippen molar-refractivity contribution in [3.63, 3.8) is 0 Å². The van der Waals surface area contributed by atoms with Crippen LogP contribution in [0.25, 0.3) is 0 Å². The minimum atomic E-state index is -0.394. The van der Waals surface area contributed by atoms with Crippen molar-refractivity contribution in [2.24, 2.45) is 83.2 Å². The summed E-state index contributed by atoms with van der Waals surface area (Å²) in [6, 6.07) is 36.9. The highest BCUT2D eigenvalue weighted by atomic mass is 16.6. The molecule has 0 heterocycles. The molecule has 0 bridgehead atoms. The molecule has 4 aromatic rings. The molecule has 6 rings (SSSR count). The standard InChI is InChI=1S/C16H30O2.C15H30O2.C14H28O2.C14H22.C13H18O2.C13H26O2.2C13H20.C11H20O2.C9H18O2/c1-7-16(5,6)14(17)18-13-10-8-12(9-11-13)15(2,3)4;1-10-15(8,9)12(16)17-11(13(2,3)4)14(5,6)7;1-8-14(6,7)12(15)16-10-11(2)9-13(3,4)5;1-6-11(2)12-7-9-13(10-8-12)14(3,4)5;1-4-13(2,3)12(14)15-10-11-8-6-5-7-9-11;1-8-13(6,7)12(14)15-11(9(2)3)10(4)5;2*1-5-11(4)13-8-6-12(7-9-13)10(2)3;1-4-11(2,3)10(12)13-9-7-5-6-8-9;1-6-9(4,5)8(10)11-7(2)3/h12-13H,7-11H2,1-6H3;11H,10H2,1-9H3;11H,8-10H2,1-7H3;7-11H,6H2,1-5H3;5-9H,4,10H2,1-3H3;9-11H,8H2,1-7H3;2*6-11H,5H2,1-4H3;9H,4-8H2,1-3H3;7H,6H2,1-5H3. The lowest BCUT2D eigenvalue weighted by Crippen LogP contribution is -2.44. The first-order chi connectivity index (χ1) is 66.0. The van der Waals surface area contributed by atoms with Gasteiger partial charge in [-0.1, -0.05) is 359 Å². The van der Waals surface area contributed by atoms with Crippen LogP contribution in [0.15, 0.2) is 103 Å². The first-order valence-corrected chi connectivity index (χ1v) is 56.8. The van der Waals surface area contributed by atoms with E-state index >= 15 is 0 Å². The van der Waals surface area contributed by atoms with Gasteiger partial charge in [0, 0.05) is 0 Å². The summed E-state index contributed by atoms with van der Waals surface area (Å²) >= 11 is 0. The number of hydrogen-bond donors (Lipinski definition) is 0. The third-order valence-corrected chi connectivity index (χ3v) is 29.7. The molecule has 0 radical (unpaired) electrons. The molecule has 840 valence electrons. The van der Waals surface area contributed by atoms with Crippen LogP contribution in [0.5, 0.6) is 0 Å². The molecule has 14 heteroatoms. The quantitative estimate of drug-likeness (QED) is 0.0318. The Balaban J connectivity index is -0.000000764. The number of benzene rings is 4. The molecule has 0 spiro atoms. The van der Waals surface area contributed by atoms with Gasteiger partial charge in [0.15, 0.2) is 0 Å². The molecule has 0 saturated heterocycles. The third kappa shape index (κ3) is 60.1. The van der Waals surface area contributed by atoms with Gasteiger partial charge in [0.2, 0.25) is 0 Å². The molecule has 4 unspecified atom stereocenters. The monoisotopic (exact) mass is 2030 g/mol. The van der Waals surface area contributed by atoms with E-state index in [2.05, 4.69) is 281 Å². The van der Waals surface area contributed by atoms with Gasteiger partial charge in [0.25, 0.3) is 0 Å². The summed E-state index contributed by atoms with van der Waals surface area (Å²) in [5.74, 6) is 4.80. The lowest BCUT2D eigenvalue weighted by molar-refractivity contribution is -0.174. The van der Waals surface area contributed by atoms with Gasteiger partial charge in [-0.3, -0.25) is 33.6 Å². The molecule has 2 aliphatic carbocycles. The number of hydrogen-bond acceptors (Lipinski definition) is 14. The Morgan fingerprint density at radius 3 is 0.869 bits per heavy atom. The van der Waals surface area contributed by atoms with E-state index in [0.717, 1.165) is 88.5 Å². The average molecular weight is 2030 g/mol. The van der Waals surface area contributed by atoms with Crippen LogP contribution in [-0.2, 0) is 78.7 Å². The first-order valence-electron chi connectivity index (χ1n) is 56.8. The molecule has 2 aliphatic rings. The molecular weight excluding hydrogens is 1800 g/mol. The van der Waals surface area contributed by atoms with E-state index in [0.29, 0.717) is 71.4 Å². The average Bonchev–Trinajstić information content (AvgIpc) is 1.05. The fourth-order valence-corrected chi connectivity index (χ4v) is 15.2. The van der Waals surface area contributed by atoms with Gasteiger partial charge in [0.1, 0.15) is 31.0 Å². The fraction of sp³-hybridized carbons (Fsp3) is 0.763. The highest BCUT2D eigenvalue weighted by Gasteiger charge is 2.42. The van der Waals surface area contributed by atoms with Crippen molar-refractivity contribution in [2.75, 3.05) is 6.61 Å². The predicted octanol–water partition coefficient (Wildman–Crippen LogP) is 38.3. The SMILES string of the molecule is CCC(C)(C)C(=O)OC(C(C)(C)C)C(C)(C)C.CCC(C)(C)C(=O)OC(C(C)C)C(C)C.CCC(C)(C)C(=O)OC(C)C.CCC(C)(C)C(=O)OC1CCC(C(C)(C)C)CC1.CCC(C)(C)C(=O)OC1CCCC1.CCC(C)(C)C(=O)OCC(C)CC(C)(C)C.CCC(C)(C)C(=O)OCc1ccccc1.CCC(C)c1ccc(C(C)(C)C)cc1.CCC(C)c1ccc(C(C)C)cc1.CCC(C)c1ccc(C(C)C)cc1. The molecule has 14 nitrogen and oxygen atoms in total. The molecule has 2 saturated carbocycles. The van der Waals surface area contributed by atoms with Crippen LogP contribution >= 0.6 is 0 Å². The summed E-state index contributed by atoms with van der Waals surface area (Å²) in [7, 11) is 0. The first kappa shape index (κ1) is 144. The van der Waals surface area contributed by atoms with Crippen molar-refractivity contribution < 1.29 is 66.7 Å². The number of ether oxygens (including phenoxy) is 7. The molecule has 4 atom stereocenters. The maximum atomic E-state index is 12.2. The summed E-state index contributed by atoms with van der Waals surface area (Å²) in [5, 5.41) is 0. The van der Waals surface area contributed by atoms with Crippen molar-refractivity contribution in [1.29, 1.82) is 0 Å². The molecule has 2 fully saturated rings. The molecule has 4 aromatic carbocycles. The number of esters is 7. The summed E-state index contributed by atoms with van der Waals surface area (Å²) in [6.07, 6.45) is 19.8. The van der Waals surface area contributed by atoms with E-state index in [-0.39, 0.29) is 121 Å². The molecule has 0 amide bonds. The van der Waals surface area contributed by atoms with Crippen LogP contribution in [0.3, 0.4) is 0 Å². The van der Waals surface area contributed by atoms with Gasteiger partial charge in [-0.2, -0.15) is 0 Å².